The Labute approximate surface area is 220 Å². The number of nitrogens with zero attached hydrogens (tertiary/aromatic N) is 2. The number of anilines is 2. The van der Waals surface area contributed by atoms with Crippen molar-refractivity contribution >= 4 is 46.4 Å². The van der Waals surface area contributed by atoms with Crippen LogP contribution in [0.15, 0.2) is 60.7 Å². The van der Waals surface area contributed by atoms with Crippen LogP contribution in [0.25, 0.3) is 0 Å². The molecule has 0 aliphatic carbocycles. The van der Waals surface area contributed by atoms with Crippen LogP contribution in [-0.4, -0.2) is 37.5 Å². The van der Waals surface area contributed by atoms with Gasteiger partial charge in [0.1, 0.15) is 11.9 Å². The standard InChI is InChI=1S/C27H28Cl2N4O3/c1-17-15-19(28)9-13-24(17)36-14-4-5-25(34)31-33-26(18-6-10-21(11-7-18)32(2)3)30-23-12-8-20(29)16-22(23)27(33)35/h6-13,15-16,26,30H,4-5,14H2,1-3H3,(H,31,34). The lowest BCUT2D eigenvalue weighted by Crippen LogP contribution is -2.52. The van der Waals surface area contributed by atoms with E-state index in [1.54, 1.807) is 24.3 Å². The molecule has 1 atom stereocenters. The van der Waals surface area contributed by atoms with Gasteiger partial charge in [0.2, 0.25) is 5.91 Å². The number of hydrogen-bond acceptors (Lipinski definition) is 5. The summed E-state index contributed by atoms with van der Waals surface area (Å²) in [6.45, 7) is 2.27. The Morgan fingerprint density at radius 2 is 1.75 bits per heavy atom. The number of carbonyl (C=O) groups is 2. The number of hydrazine groups is 1. The van der Waals surface area contributed by atoms with Crippen LogP contribution in [0.5, 0.6) is 5.75 Å². The molecule has 36 heavy (non-hydrogen) atoms. The minimum atomic E-state index is -0.584. The fourth-order valence-corrected chi connectivity index (χ4v) is 4.36. The third-order valence-electron chi connectivity index (χ3n) is 5.89. The first-order chi connectivity index (χ1) is 17.2. The predicted molar refractivity (Wildman–Crippen MR) is 144 cm³/mol. The van der Waals surface area contributed by atoms with Crippen molar-refractivity contribution < 1.29 is 14.3 Å². The van der Waals surface area contributed by atoms with Gasteiger partial charge in [-0.15, -0.1) is 0 Å². The average molecular weight is 527 g/mol. The number of benzene rings is 3. The largest absolute Gasteiger partial charge is 0.493 e. The van der Waals surface area contributed by atoms with Crippen LogP contribution >= 0.6 is 23.2 Å². The van der Waals surface area contributed by atoms with Crippen molar-refractivity contribution in [2.45, 2.75) is 25.9 Å². The number of hydrogen-bond donors (Lipinski definition) is 2. The van der Waals surface area contributed by atoms with Gasteiger partial charge in [-0.05, 0) is 73.0 Å². The molecule has 1 aliphatic rings. The number of rotatable bonds is 8. The maximum atomic E-state index is 13.4. The molecule has 0 fully saturated rings. The summed E-state index contributed by atoms with van der Waals surface area (Å²) >= 11 is 12.1. The van der Waals surface area contributed by atoms with Gasteiger partial charge in [0.05, 0.1) is 12.2 Å². The minimum absolute atomic E-state index is 0.186. The van der Waals surface area contributed by atoms with E-state index in [4.69, 9.17) is 27.9 Å². The van der Waals surface area contributed by atoms with Crippen molar-refractivity contribution in [3.05, 3.63) is 87.4 Å². The van der Waals surface area contributed by atoms with E-state index < -0.39 is 6.17 Å². The third kappa shape index (κ3) is 5.86. The molecule has 7 nitrogen and oxygen atoms in total. The summed E-state index contributed by atoms with van der Waals surface area (Å²) in [5.74, 6) is 0.0984. The van der Waals surface area contributed by atoms with Gasteiger partial charge in [-0.1, -0.05) is 35.3 Å². The normalized spacial score (nSPS) is 14.6. The molecule has 1 heterocycles. The second kappa shape index (κ2) is 11.1. The van der Waals surface area contributed by atoms with E-state index >= 15 is 0 Å². The van der Waals surface area contributed by atoms with Gasteiger partial charge < -0.3 is 15.0 Å². The molecule has 188 valence electrons. The lowest BCUT2D eigenvalue weighted by Gasteiger charge is -2.38. The molecule has 1 unspecified atom stereocenters. The van der Waals surface area contributed by atoms with Gasteiger partial charge in [0.15, 0.2) is 0 Å². The monoisotopic (exact) mass is 526 g/mol. The number of fused-ring (bicyclic) bond motifs is 1. The number of aryl methyl sites for hydroxylation is 1. The van der Waals surface area contributed by atoms with Gasteiger partial charge >= 0.3 is 0 Å². The highest BCUT2D eigenvalue weighted by Gasteiger charge is 2.34. The SMILES string of the molecule is Cc1cc(Cl)ccc1OCCCC(=O)NN1C(=O)c2cc(Cl)ccc2NC1c1ccc(N(C)C)cc1. The number of amides is 2. The maximum Gasteiger partial charge on any atom is 0.276 e. The van der Waals surface area contributed by atoms with E-state index in [1.807, 2.05) is 62.3 Å². The average Bonchev–Trinajstić information content (AvgIpc) is 2.85. The van der Waals surface area contributed by atoms with Gasteiger partial charge in [0.25, 0.3) is 5.91 Å². The Hall–Kier alpha value is -3.42. The molecule has 0 bridgehead atoms. The summed E-state index contributed by atoms with van der Waals surface area (Å²) < 4.78 is 5.78. The quantitative estimate of drug-likeness (QED) is 0.361. The third-order valence-corrected chi connectivity index (χ3v) is 6.36. The zero-order valence-corrected chi connectivity index (χ0v) is 21.9. The lowest BCUT2D eigenvalue weighted by molar-refractivity contribution is -0.126. The molecule has 0 spiro atoms. The van der Waals surface area contributed by atoms with Gasteiger partial charge in [0, 0.05) is 41.9 Å². The molecule has 3 aromatic rings. The molecule has 9 heteroatoms. The van der Waals surface area contributed by atoms with Crippen LogP contribution < -0.4 is 20.4 Å². The van der Waals surface area contributed by atoms with E-state index in [0.29, 0.717) is 34.3 Å². The van der Waals surface area contributed by atoms with Crippen LogP contribution in [0.3, 0.4) is 0 Å². The van der Waals surface area contributed by atoms with Crippen molar-refractivity contribution in [2.75, 3.05) is 30.9 Å². The van der Waals surface area contributed by atoms with Crippen LogP contribution in [0.2, 0.25) is 10.0 Å². The molecular weight excluding hydrogens is 499 g/mol. The summed E-state index contributed by atoms with van der Waals surface area (Å²) in [6, 6.07) is 18.3. The second-order valence-corrected chi connectivity index (χ2v) is 9.67. The highest BCUT2D eigenvalue weighted by molar-refractivity contribution is 6.31. The number of ether oxygens (including phenoxy) is 1. The van der Waals surface area contributed by atoms with Crippen molar-refractivity contribution in [1.29, 1.82) is 0 Å². The van der Waals surface area contributed by atoms with Gasteiger partial charge in [-0.3, -0.25) is 15.0 Å². The van der Waals surface area contributed by atoms with Gasteiger partial charge in [-0.2, -0.15) is 0 Å². The number of halogens is 2. The molecule has 4 rings (SSSR count). The van der Waals surface area contributed by atoms with Crippen LogP contribution in [-0.2, 0) is 4.79 Å². The van der Waals surface area contributed by atoms with Crippen LogP contribution in [0, 0.1) is 6.92 Å². The molecular formula is C27H28Cl2N4O3. The van der Waals surface area contributed by atoms with Crippen molar-refractivity contribution in [2.24, 2.45) is 0 Å². The van der Waals surface area contributed by atoms with Crippen molar-refractivity contribution in [3.8, 4) is 5.75 Å². The van der Waals surface area contributed by atoms with Crippen LogP contribution in [0.1, 0.15) is 40.5 Å². The summed E-state index contributed by atoms with van der Waals surface area (Å²) in [5, 5.41) is 5.78. The number of nitrogens with one attached hydrogen (secondary N) is 2. The molecule has 2 N–H and O–H groups in total. The smallest absolute Gasteiger partial charge is 0.276 e. The summed E-state index contributed by atoms with van der Waals surface area (Å²) in [4.78, 5) is 28.2. The molecule has 1 aliphatic heterocycles. The minimum Gasteiger partial charge on any atom is -0.493 e. The highest BCUT2D eigenvalue weighted by Crippen LogP contribution is 2.34. The Morgan fingerprint density at radius 3 is 2.44 bits per heavy atom. The Kier molecular flexibility index (Phi) is 7.91. The molecule has 3 aromatic carbocycles. The molecule has 0 radical (unpaired) electrons. The summed E-state index contributed by atoms with van der Waals surface area (Å²) in [7, 11) is 3.92. The Bertz CT molecular complexity index is 1260. The fourth-order valence-electron chi connectivity index (χ4n) is 3.96. The first kappa shape index (κ1) is 25.7. The molecule has 2 amide bonds. The lowest BCUT2D eigenvalue weighted by atomic mass is 10.0. The van der Waals surface area contributed by atoms with E-state index in [9.17, 15) is 9.59 Å². The maximum absolute atomic E-state index is 13.4. The summed E-state index contributed by atoms with van der Waals surface area (Å²) in [5.41, 5.74) is 6.62. The predicted octanol–water partition coefficient (Wildman–Crippen LogP) is 5.82. The molecule has 0 aromatic heterocycles. The Balaban J connectivity index is 1.46. The fraction of sp³-hybridized carbons (Fsp3) is 0.259. The zero-order valence-electron chi connectivity index (χ0n) is 20.3. The molecule has 0 saturated carbocycles. The van der Waals surface area contributed by atoms with Crippen LogP contribution in [0.4, 0.5) is 11.4 Å². The Morgan fingerprint density at radius 1 is 1.06 bits per heavy atom. The van der Waals surface area contributed by atoms with Gasteiger partial charge in [-0.25, -0.2) is 5.01 Å². The second-order valence-electron chi connectivity index (χ2n) is 8.79. The van der Waals surface area contributed by atoms with E-state index in [1.165, 1.54) is 5.01 Å². The first-order valence-corrected chi connectivity index (χ1v) is 12.3. The first-order valence-electron chi connectivity index (χ1n) is 11.6. The zero-order chi connectivity index (χ0) is 25.8. The topological polar surface area (TPSA) is 73.9 Å². The molecule has 0 saturated heterocycles. The van der Waals surface area contributed by atoms with E-state index in [2.05, 4.69) is 10.7 Å². The van der Waals surface area contributed by atoms with E-state index in [-0.39, 0.29) is 18.2 Å². The van der Waals surface area contributed by atoms with Crippen molar-refractivity contribution in [1.82, 2.24) is 10.4 Å². The highest BCUT2D eigenvalue weighted by atomic mass is 35.5. The summed E-state index contributed by atoms with van der Waals surface area (Å²) in [6.07, 6.45) is 0.0818. The van der Waals surface area contributed by atoms with E-state index in [0.717, 1.165) is 22.6 Å². The number of carbonyl (C=O) groups excluding carboxylic acids is 2. The van der Waals surface area contributed by atoms with Crippen molar-refractivity contribution in [3.63, 3.8) is 0 Å².